The third kappa shape index (κ3) is 3.49. The van der Waals surface area contributed by atoms with Crippen LogP contribution in [0.1, 0.15) is 52.4 Å². The van der Waals surface area contributed by atoms with E-state index in [-0.39, 0.29) is 11.3 Å². The first-order valence-corrected chi connectivity index (χ1v) is 6.11. The third-order valence-electron chi connectivity index (χ3n) is 3.51. The molecule has 0 aromatic heterocycles. The molecule has 3 heteroatoms. The molecule has 15 heavy (non-hydrogen) atoms. The van der Waals surface area contributed by atoms with E-state index in [0.717, 1.165) is 25.7 Å². The minimum atomic E-state index is 0.135. The molecule has 0 aliphatic heterocycles. The molecule has 1 fully saturated rings. The van der Waals surface area contributed by atoms with Crippen molar-refractivity contribution < 1.29 is 4.79 Å². The van der Waals surface area contributed by atoms with E-state index in [1.165, 1.54) is 6.42 Å². The van der Waals surface area contributed by atoms with Crippen LogP contribution in [0.3, 0.4) is 0 Å². The van der Waals surface area contributed by atoms with Crippen molar-refractivity contribution in [2.24, 2.45) is 11.1 Å². The van der Waals surface area contributed by atoms with Gasteiger partial charge in [0.05, 0.1) is 0 Å². The lowest BCUT2D eigenvalue weighted by molar-refractivity contribution is -0.125. The zero-order valence-corrected chi connectivity index (χ0v) is 10.0. The molecule has 0 spiro atoms. The number of rotatable bonds is 6. The van der Waals surface area contributed by atoms with Gasteiger partial charge in [-0.3, -0.25) is 4.79 Å². The topological polar surface area (TPSA) is 55.1 Å². The summed E-state index contributed by atoms with van der Waals surface area (Å²) in [5.41, 5.74) is 5.86. The second kappa shape index (κ2) is 5.50. The van der Waals surface area contributed by atoms with E-state index < -0.39 is 0 Å². The van der Waals surface area contributed by atoms with Gasteiger partial charge in [0.25, 0.3) is 0 Å². The predicted molar refractivity (Wildman–Crippen MR) is 62.5 cm³/mol. The highest BCUT2D eigenvalue weighted by atomic mass is 16.1. The Hall–Kier alpha value is -0.570. The van der Waals surface area contributed by atoms with Crippen molar-refractivity contribution in [1.29, 1.82) is 0 Å². The van der Waals surface area contributed by atoms with Gasteiger partial charge in [-0.2, -0.15) is 0 Å². The van der Waals surface area contributed by atoms with Crippen LogP contribution in [-0.4, -0.2) is 18.5 Å². The van der Waals surface area contributed by atoms with Gasteiger partial charge in [-0.1, -0.05) is 19.8 Å². The first-order chi connectivity index (χ1) is 7.12. The highest BCUT2D eigenvalue weighted by molar-refractivity contribution is 5.77. The molecule has 0 aromatic rings. The maximum absolute atomic E-state index is 11.7. The molecule has 88 valence electrons. The number of hydrogen-bond donors (Lipinski definition) is 2. The molecule has 0 aromatic carbocycles. The Morgan fingerprint density at radius 3 is 2.60 bits per heavy atom. The molecule has 0 bridgehead atoms. The van der Waals surface area contributed by atoms with Crippen LogP contribution in [0.25, 0.3) is 0 Å². The summed E-state index contributed by atoms with van der Waals surface area (Å²) >= 11 is 0. The van der Waals surface area contributed by atoms with E-state index in [9.17, 15) is 4.79 Å². The van der Waals surface area contributed by atoms with Crippen molar-refractivity contribution >= 4 is 5.91 Å². The summed E-state index contributed by atoms with van der Waals surface area (Å²) in [6.07, 6.45) is 6.27. The average Bonchev–Trinajstić information content (AvgIpc) is 2.11. The number of nitrogens with one attached hydrogen (secondary N) is 1. The minimum Gasteiger partial charge on any atom is -0.354 e. The van der Waals surface area contributed by atoms with Gasteiger partial charge in [-0.15, -0.1) is 0 Å². The summed E-state index contributed by atoms with van der Waals surface area (Å²) in [5.74, 6) is 0.182. The molecule has 1 aliphatic rings. The van der Waals surface area contributed by atoms with E-state index in [0.29, 0.717) is 19.0 Å². The van der Waals surface area contributed by atoms with Crippen molar-refractivity contribution in [3.8, 4) is 0 Å². The Morgan fingerprint density at radius 2 is 2.20 bits per heavy atom. The monoisotopic (exact) mass is 212 g/mol. The summed E-state index contributed by atoms with van der Waals surface area (Å²) in [7, 11) is 0. The SMILES string of the molecule is CCCC(C)NC(=O)CC1(CN)CCC1. The molecule has 0 saturated heterocycles. The highest BCUT2D eigenvalue weighted by Gasteiger charge is 2.37. The van der Waals surface area contributed by atoms with E-state index in [1.54, 1.807) is 0 Å². The van der Waals surface area contributed by atoms with Gasteiger partial charge in [-0.25, -0.2) is 0 Å². The minimum absolute atomic E-state index is 0.135. The summed E-state index contributed by atoms with van der Waals surface area (Å²) < 4.78 is 0. The Balaban J connectivity index is 2.28. The van der Waals surface area contributed by atoms with Crippen molar-refractivity contribution in [3.63, 3.8) is 0 Å². The van der Waals surface area contributed by atoms with Crippen molar-refractivity contribution in [2.75, 3.05) is 6.54 Å². The Kier molecular flexibility index (Phi) is 4.58. The summed E-state index contributed by atoms with van der Waals surface area (Å²) in [4.78, 5) is 11.7. The molecule has 3 N–H and O–H groups in total. The number of amides is 1. The lowest BCUT2D eigenvalue weighted by Crippen LogP contribution is -2.43. The van der Waals surface area contributed by atoms with Gasteiger partial charge in [0.15, 0.2) is 0 Å². The third-order valence-corrected chi connectivity index (χ3v) is 3.51. The maximum atomic E-state index is 11.7. The number of carbonyl (C=O) groups excluding carboxylic acids is 1. The van der Waals surface area contributed by atoms with Crippen LogP contribution in [0.5, 0.6) is 0 Å². The fourth-order valence-electron chi connectivity index (χ4n) is 2.30. The van der Waals surface area contributed by atoms with Crippen LogP contribution in [0.4, 0.5) is 0 Å². The van der Waals surface area contributed by atoms with E-state index in [2.05, 4.69) is 19.2 Å². The summed E-state index contributed by atoms with van der Waals surface area (Å²) in [6.45, 7) is 4.86. The van der Waals surface area contributed by atoms with Gasteiger partial charge in [0.1, 0.15) is 0 Å². The second-order valence-corrected chi connectivity index (χ2v) is 4.99. The van der Waals surface area contributed by atoms with Gasteiger partial charge in [0.2, 0.25) is 5.91 Å². The standard InChI is InChI=1S/C12H24N2O/c1-3-5-10(2)14-11(15)8-12(9-13)6-4-7-12/h10H,3-9,13H2,1-2H3,(H,14,15). The van der Waals surface area contributed by atoms with E-state index in [1.807, 2.05) is 0 Å². The van der Waals surface area contributed by atoms with Crippen LogP contribution in [0, 0.1) is 5.41 Å². The largest absolute Gasteiger partial charge is 0.354 e. The van der Waals surface area contributed by atoms with Crippen LogP contribution in [-0.2, 0) is 4.79 Å². The van der Waals surface area contributed by atoms with Crippen LogP contribution >= 0.6 is 0 Å². The first-order valence-electron chi connectivity index (χ1n) is 6.11. The van der Waals surface area contributed by atoms with E-state index >= 15 is 0 Å². The smallest absolute Gasteiger partial charge is 0.220 e. The van der Waals surface area contributed by atoms with Crippen molar-refractivity contribution in [1.82, 2.24) is 5.32 Å². The molecule has 3 nitrogen and oxygen atoms in total. The number of carbonyl (C=O) groups is 1. The quantitative estimate of drug-likeness (QED) is 0.705. The molecule has 1 unspecified atom stereocenters. The number of hydrogen-bond acceptors (Lipinski definition) is 2. The molecular formula is C12H24N2O. The molecular weight excluding hydrogens is 188 g/mol. The molecule has 1 amide bonds. The fourth-order valence-corrected chi connectivity index (χ4v) is 2.30. The molecule has 1 saturated carbocycles. The van der Waals surface area contributed by atoms with Crippen molar-refractivity contribution in [3.05, 3.63) is 0 Å². The predicted octanol–water partition coefficient (Wildman–Crippen LogP) is 1.81. The fraction of sp³-hybridized carbons (Fsp3) is 0.917. The molecule has 1 atom stereocenters. The second-order valence-electron chi connectivity index (χ2n) is 4.99. The van der Waals surface area contributed by atoms with Crippen LogP contribution < -0.4 is 11.1 Å². The average molecular weight is 212 g/mol. The van der Waals surface area contributed by atoms with E-state index in [4.69, 9.17) is 5.73 Å². The van der Waals surface area contributed by atoms with Gasteiger partial charge >= 0.3 is 0 Å². The lowest BCUT2D eigenvalue weighted by Gasteiger charge is -2.40. The summed E-state index contributed by atoms with van der Waals surface area (Å²) in [6, 6.07) is 0.303. The highest BCUT2D eigenvalue weighted by Crippen LogP contribution is 2.42. The lowest BCUT2D eigenvalue weighted by atomic mass is 9.66. The van der Waals surface area contributed by atoms with Gasteiger partial charge in [0, 0.05) is 12.5 Å². The molecule has 0 heterocycles. The summed E-state index contributed by atoms with van der Waals surface area (Å²) in [5, 5.41) is 3.04. The van der Waals surface area contributed by atoms with Crippen LogP contribution in [0.2, 0.25) is 0 Å². The van der Waals surface area contributed by atoms with Gasteiger partial charge in [-0.05, 0) is 38.1 Å². The number of nitrogens with two attached hydrogens (primary N) is 1. The zero-order chi connectivity index (χ0) is 11.3. The normalized spacial score (nSPS) is 20.5. The zero-order valence-electron chi connectivity index (χ0n) is 10.0. The van der Waals surface area contributed by atoms with Crippen LogP contribution in [0.15, 0.2) is 0 Å². The van der Waals surface area contributed by atoms with Gasteiger partial charge < -0.3 is 11.1 Å². The Morgan fingerprint density at radius 1 is 1.53 bits per heavy atom. The Bertz CT molecular complexity index is 206. The maximum Gasteiger partial charge on any atom is 0.220 e. The Labute approximate surface area is 92.8 Å². The molecule has 1 rings (SSSR count). The molecule has 1 aliphatic carbocycles. The molecule has 0 radical (unpaired) electrons. The first kappa shape index (κ1) is 12.5. The van der Waals surface area contributed by atoms with Crippen molar-refractivity contribution in [2.45, 2.75) is 58.4 Å².